The summed E-state index contributed by atoms with van der Waals surface area (Å²) in [5, 5.41) is 10.3. The van der Waals surface area contributed by atoms with Crippen LogP contribution in [-0.2, 0) is 0 Å². The molecule has 4 nitrogen and oxygen atoms in total. The van der Waals surface area contributed by atoms with E-state index in [1.54, 1.807) is 12.3 Å². The first-order chi connectivity index (χ1) is 8.83. The highest BCUT2D eigenvalue weighted by Gasteiger charge is 2.08. The highest BCUT2D eigenvalue weighted by atomic mass is 16.4. The first-order valence-corrected chi connectivity index (χ1v) is 5.61. The second-order valence-electron chi connectivity index (χ2n) is 4.24. The van der Waals surface area contributed by atoms with E-state index >= 15 is 0 Å². The third-order valence-corrected chi connectivity index (χ3v) is 3.18. The van der Waals surface area contributed by atoms with Crippen molar-refractivity contribution in [1.82, 2.24) is 10.2 Å². The number of hydrogen-bond acceptors (Lipinski definition) is 3. The Kier molecular flexibility index (Phi) is 1.67. The fraction of sp³-hybridized carbons (Fsp3) is 0. The normalized spacial score (nSPS) is 11.6. The SMILES string of the molecule is O=c1oc2cc3[nH]ncc3cc2c2ccccc12. The van der Waals surface area contributed by atoms with Crippen LogP contribution in [0.1, 0.15) is 0 Å². The van der Waals surface area contributed by atoms with Gasteiger partial charge in [0, 0.05) is 16.8 Å². The van der Waals surface area contributed by atoms with Gasteiger partial charge in [0.25, 0.3) is 0 Å². The molecule has 4 heteroatoms. The van der Waals surface area contributed by atoms with Crippen LogP contribution in [0.3, 0.4) is 0 Å². The van der Waals surface area contributed by atoms with E-state index in [1.165, 1.54) is 0 Å². The molecular weight excluding hydrogens is 228 g/mol. The summed E-state index contributed by atoms with van der Waals surface area (Å²) in [7, 11) is 0. The van der Waals surface area contributed by atoms with E-state index in [-0.39, 0.29) is 5.63 Å². The van der Waals surface area contributed by atoms with Crippen LogP contribution in [0, 0.1) is 0 Å². The minimum atomic E-state index is -0.308. The quantitative estimate of drug-likeness (QED) is 0.377. The molecule has 0 amide bonds. The van der Waals surface area contributed by atoms with Crippen LogP contribution in [-0.4, -0.2) is 10.2 Å². The summed E-state index contributed by atoms with van der Waals surface area (Å²) in [5.41, 5.74) is 1.13. The van der Waals surface area contributed by atoms with Gasteiger partial charge in [0.05, 0.1) is 17.1 Å². The number of rotatable bonds is 0. The first-order valence-electron chi connectivity index (χ1n) is 5.61. The Morgan fingerprint density at radius 2 is 1.89 bits per heavy atom. The molecule has 0 saturated carbocycles. The molecule has 0 atom stereocenters. The molecule has 0 spiro atoms. The molecule has 0 unspecified atom stereocenters. The van der Waals surface area contributed by atoms with Gasteiger partial charge in [-0.05, 0) is 17.5 Å². The molecule has 0 saturated heterocycles. The average molecular weight is 236 g/mol. The zero-order valence-corrected chi connectivity index (χ0v) is 9.31. The van der Waals surface area contributed by atoms with Crippen molar-refractivity contribution in [2.45, 2.75) is 0 Å². The van der Waals surface area contributed by atoms with E-state index in [1.807, 2.05) is 30.3 Å². The Bertz CT molecular complexity index is 950. The van der Waals surface area contributed by atoms with Crippen LogP contribution >= 0.6 is 0 Å². The molecule has 4 aromatic rings. The third kappa shape index (κ3) is 1.14. The van der Waals surface area contributed by atoms with Crippen LogP contribution in [0.2, 0.25) is 0 Å². The summed E-state index contributed by atoms with van der Waals surface area (Å²) < 4.78 is 5.35. The third-order valence-electron chi connectivity index (χ3n) is 3.18. The van der Waals surface area contributed by atoms with Crippen molar-refractivity contribution in [2.24, 2.45) is 0 Å². The van der Waals surface area contributed by atoms with Gasteiger partial charge >= 0.3 is 5.63 Å². The zero-order valence-electron chi connectivity index (χ0n) is 9.31. The van der Waals surface area contributed by atoms with Crippen molar-refractivity contribution < 1.29 is 4.42 Å². The maximum absolute atomic E-state index is 11.9. The second-order valence-corrected chi connectivity index (χ2v) is 4.24. The van der Waals surface area contributed by atoms with Gasteiger partial charge in [-0.25, -0.2) is 4.79 Å². The van der Waals surface area contributed by atoms with Gasteiger partial charge < -0.3 is 4.42 Å². The van der Waals surface area contributed by atoms with Crippen molar-refractivity contribution in [3.63, 3.8) is 0 Å². The number of H-pyrrole nitrogens is 1. The van der Waals surface area contributed by atoms with E-state index in [0.717, 1.165) is 21.7 Å². The van der Waals surface area contributed by atoms with Gasteiger partial charge in [-0.3, -0.25) is 5.10 Å². The maximum atomic E-state index is 11.9. The number of aromatic amines is 1. The Labute approximate surface area is 101 Å². The van der Waals surface area contributed by atoms with E-state index in [2.05, 4.69) is 10.2 Å². The lowest BCUT2D eigenvalue weighted by Crippen LogP contribution is -1.99. The number of fused-ring (bicyclic) bond motifs is 4. The largest absolute Gasteiger partial charge is 0.422 e. The molecule has 0 aliphatic rings. The molecule has 0 fully saturated rings. The van der Waals surface area contributed by atoms with Crippen LogP contribution in [0.25, 0.3) is 32.6 Å². The summed E-state index contributed by atoms with van der Waals surface area (Å²) in [6.07, 6.45) is 1.76. The van der Waals surface area contributed by atoms with Gasteiger partial charge in [-0.1, -0.05) is 18.2 Å². The fourth-order valence-electron chi connectivity index (χ4n) is 2.32. The summed E-state index contributed by atoms with van der Waals surface area (Å²) in [4.78, 5) is 11.9. The lowest BCUT2D eigenvalue weighted by molar-refractivity contribution is 0.570. The topological polar surface area (TPSA) is 58.9 Å². The highest BCUT2D eigenvalue weighted by Crippen LogP contribution is 2.26. The van der Waals surface area contributed by atoms with Crippen LogP contribution in [0.5, 0.6) is 0 Å². The molecule has 0 aliphatic heterocycles. The number of hydrogen-bond donors (Lipinski definition) is 1. The van der Waals surface area contributed by atoms with Crippen molar-refractivity contribution in [1.29, 1.82) is 0 Å². The standard InChI is InChI=1S/C14H8N2O2/c17-14-10-4-2-1-3-9(10)11-5-8-7-15-16-12(8)6-13(11)18-14/h1-7H,(H,15,16). The van der Waals surface area contributed by atoms with Crippen LogP contribution in [0.15, 0.2) is 51.8 Å². The number of nitrogens with zero attached hydrogens (tertiary/aromatic N) is 1. The Balaban J connectivity index is 2.36. The van der Waals surface area contributed by atoms with E-state index in [4.69, 9.17) is 4.42 Å². The lowest BCUT2D eigenvalue weighted by atomic mass is 10.1. The second kappa shape index (κ2) is 3.20. The highest BCUT2D eigenvalue weighted by molar-refractivity contribution is 6.08. The lowest BCUT2D eigenvalue weighted by Gasteiger charge is -2.02. The monoisotopic (exact) mass is 236 g/mol. The molecule has 86 valence electrons. The first kappa shape index (κ1) is 9.41. The van der Waals surface area contributed by atoms with E-state index < -0.39 is 0 Å². The molecule has 4 rings (SSSR count). The molecule has 1 N–H and O–H groups in total. The summed E-state index contributed by atoms with van der Waals surface area (Å²) in [5.74, 6) is 0. The Morgan fingerprint density at radius 3 is 2.78 bits per heavy atom. The molecule has 0 radical (unpaired) electrons. The van der Waals surface area contributed by atoms with Crippen LogP contribution < -0.4 is 5.63 Å². The predicted octanol–water partition coefficient (Wildman–Crippen LogP) is 2.82. The molecule has 2 heterocycles. The molecule has 0 aliphatic carbocycles. The maximum Gasteiger partial charge on any atom is 0.344 e. The molecule has 2 aromatic heterocycles. The number of benzene rings is 2. The van der Waals surface area contributed by atoms with E-state index in [0.29, 0.717) is 11.0 Å². The van der Waals surface area contributed by atoms with Gasteiger partial charge in [0.1, 0.15) is 5.58 Å². The minimum absolute atomic E-state index is 0.308. The predicted molar refractivity (Wildman–Crippen MR) is 69.6 cm³/mol. The van der Waals surface area contributed by atoms with Crippen LogP contribution in [0.4, 0.5) is 0 Å². The summed E-state index contributed by atoms with van der Waals surface area (Å²) in [6.45, 7) is 0. The fourth-order valence-corrected chi connectivity index (χ4v) is 2.32. The minimum Gasteiger partial charge on any atom is -0.422 e. The van der Waals surface area contributed by atoms with Crippen molar-refractivity contribution in [3.05, 3.63) is 53.0 Å². The zero-order chi connectivity index (χ0) is 12.1. The van der Waals surface area contributed by atoms with Gasteiger partial charge in [0.2, 0.25) is 0 Å². The molecular formula is C14H8N2O2. The Morgan fingerprint density at radius 1 is 1.06 bits per heavy atom. The average Bonchev–Trinajstić information content (AvgIpc) is 2.84. The summed E-state index contributed by atoms with van der Waals surface area (Å²) in [6, 6.07) is 11.3. The smallest absolute Gasteiger partial charge is 0.344 e. The number of nitrogens with one attached hydrogen (secondary N) is 1. The van der Waals surface area contributed by atoms with Gasteiger partial charge in [0.15, 0.2) is 0 Å². The van der Waals surface area contributed by atoms with Gasteiger partial charge in [-0.15, -0.1) is 0 Å². The van der Waals surface area contributed by atoms with Gasteiger partial charge in [-0.2, -0.15) is 5.10 Å². The molecule has 0 bridgehead atoms. The molecule has 2 aromatic carbocycles. The van der Waals surface area contributed by atoms with Crippen molar-refractivity contribution in [3.8, 4) is 0 Å². The summed E-state index contributed by atoms with van der Waals surface area (Å²) >= 11 is 0. The van der Waals surface area contributed by atoms with Crippen molar-refractivity contribution in [2.75, 3.05) is 0 Å². The van der Waals surface area contributed by atoms with E-state index in [9.17, 15) is 4.79 Å². The Hall–Kier alpha value is -2.62. The number of aromatic nitrogens is 2. The molecule has 18 heavy (non-hydrogen) atoms. The van der Waals surface area contributed by atoms with Crippen molar-refractivity contribution >= 4 is 32.6 Å².